The zero-order valence-electron chi connectivity index (χ0n) is 5.75. The van der Waals surface area contributed by atoms with Gasteiger partial charge in [-0.25, -0.2) is 0 Å². The molecule has 0 aliphatic carbocycles. The third kappa shape index (κ3) is 3.69. The minimum absolute atomic E-state index is 0.579. The molecular weight excluding hydrogens is 126 g/mol. The molecule has 0 spiro atoms. The normalized spacial score (nSPS) is 11.5. The molecule has 0 radical (unpaired) electrons. The highest BCUT2D eigenvalue weighted by Crippen LogP contribution is 1.90. The molecule has 0 saturated carbocycles. The number of hydrogen-bond donors (Lipinski definition) is 2. The van der Waals surface area contributed by atoms with Gasteiger partial charge in [-0.1, -0.05) is 31.4 Å². The van der Waals surface area contributed by atoms with Gasteiger partial charge in [-0.15, -0.1) is 0 Å². The van der Waals surface area contributed by atoms with Crippen molar-refractivity contribution in [1.29, 1.82) is 0 Å². The monoisotopic (exact) mass is 137 g/mol. The van der Waals surface area contributed by atoms with E-state index in [1.54, 1.807) is 30.4 Å². The van der Waals surface area contributed by atoms with Crippen LogP contribution >= 0.6 is 0 Å². The molecule has 0 aromatic carbocycles. The SMILES string of the molecule is C=C/C=C\C(=C/C=C)NO. The molecule has 0 bridgehead atoms. The van der Waals surface area contributed by atoms with Gasteiger partial charge in [-0.3, -0.25) is 10.7 Å². The fourth-order valence-electron chi connectivity index (χ4n) is 0.429. The van der Waals surface area contributed by atoms with Gasteiger partial charge in [-0.2, -0.15) is 0 Å². The largest absolute Gasteiger partial charge is 0.291 e. The number of hydroxylamine groups is 1. The summed E-state index contributed by atoms with van der Waals surface area (Å²) in [6.45, 7) is 6.95. The topological polar surface area (TPSA) is 32.3 Å². The van der Waals surface area contributed by atoms with Gasteiger partial charge in [0.15, 0.2) is 0 Å². The fraction of sp³-hybridized carbons (Fsp3) is 0. The van der Waals surface area contributed by atoms with Crippen molar-refractivity contribution in [1.82, 2.24) is 5.48 Å². The molecule has 0 unspecified atom stereocenters. The first-order chi connectivity index (χ1) is 4.85. The van der Waals surface area contributed by atoms with Crippen molar-refractivity contribution in [3.05, 3.63) is 49.2 Å². The summed E-state index contributed by atoms with van der Waals surface area (Å²) in [5.41, 5.74) is 2.57. The summed E-state index contributed by atoms with van der Waals surface area (Å²) in [5.74, 6) is 0. The van der Waals surface area contributed by atoms with E-state index in [1.165, 1.54) is 0 Å². The molecule has 0 atom stereocenters. The van der Waals surface area contributed by atoms with E-state index >= 15 is 0 Å². The highest BCUT2D eigenvalue weighted by molar-refractivity contribution is 5.22. The third-order valence-corrected chi connectivity index (χ3v) is 0.838. The van der Waals surface area contributed by atoms with Gasteiger partial charge in [0.1, 0.15) is 0 Å². The van der Waals surface area contributed by atoms with E-state index in [0.717, 1.165) is 0 Å². The van der Waals surface area contributed by atoms with Gasteiger partial charge in [0.2, 0.25) is 0 Å². The van der Waals surface area contributed by atoms with Crippen molar-refractivity contribution in [2.75, 3.05) is 0 Å². The van der Waals surface area contributed by atoms with Crippen molar-refractivity contribution < 1.29 is 5.21 Å². The van der Waals surface area contributed by atoms with Gasteiger partial charge in [0.25, 0.3) is 0 Å². The highest BCUT2D eigenvalue weighted by Gasteiger charge is 1.80. The molecule has 2 nitrogen and oxygen atoms in total. The Labute approximate surface area is 60.8 Å². The molecule has 0 aromatic rings. The van der Waals surface area contributed by atoms with Crippen LogP contribution in [-0.2, 0) is 0 Å². The van der Waals surface area contributed by atoms with Crippen LogP contribution in [0.25, 0.3) is 0 Å². The van der Waals surface area contributed by atoms with Crippen LogP contribution in [0.3, 0.4) is 0 Å². The van der Waals surface area contributed by atoms with E-state index in [2.05, 4.69) is 13.2 Å². The summed E-state index contributed by atoms with van der Waals surface area (Å²) >= 11 is 0. The molecule has 0 rings (SSSR count). The van der Waals surface area contributed by atoms with Gasteiger partial charge in [0, 0.05) is 0 Å². The summed E-state index contributed by atoms with van der Waals surface area (Å²) in [6, 6.07) is 0. The highest BCUT2D eigenvalue weighted by atomic mass is 16.5. The average molecular weight is 137 g/mol. The predicted molar refractivity (Wildman–Crippen MR) is 42.5 cm³/mol. The molecule has 54 valence electrons. The predicted octanol–water partition coefficient (Wildman–Crippen LogP) is 1.78. The first-order valence-corrected chi connectivity index (χ1v) is 2.87. The lowest BCUT2D eigenvalue weighted by molar-refractivity contribution is 0.205. The Hall–Kier alpha value is -1.28. The maximum absolute atomic E-state index is 8.43. The fourth-order valence-corrected chi connectivity index (χ4v) is 0.429. The molecule has 0 aromatic heterocycles. The number of hydrogen-bond acceptors (Lipinski definition) is 2. The Morgan fingerprint density at radius 1 is 1.30 bits per heavy atom. The van der Waals surface area contributed by atoms with E-state index in [0.29, 0.717) is 5.70 Å². The summed E-state index contributed by atoms with van der Waals surface area (Å²) in [6.07, 6.45) is 8.22. The van der Waals surface area contributed by atoms with Crippen molar-refractivity contribution in [3.8, 4) is 0 Å². The summed E-state index contributed by atoms with van der Waals surface area (Å²) < 4.78 is 0. The molecular formula is C8H11NO. The lowest BCUT2D eigenvalue weighted by Crippen LogP contribution is -2.03. The summed E-state index contributed by atoms with van der Waals surface area (Å²) in [7, 11) is 0. The zero-order valence-corrected chi connectivity index (χ0v) is 5.75. The van der Waals surface area contributed by atoms with Crippen LogP contribution < -0.4 is 5.48 Å². The molecule has 0 aliphatic heterocycles. The van der Waals surface area contributed by atoms with E-state index in [4.69, 9.17) is 5.21 Å². The van der Waals surface area contributed by atoms with Crippen LogP contribution in [-0.4, -0.2) is 5.21 Å². The number of allylic oxidation sites excluding steroid dienone is 5. The smallest absolute Gasteiger partial charge is 0.0601 e. The molecule has 0 fully saturated rings. The Balaban J connectivity index is 4.06. The van der Waals surface area contributed by atoms with Crippen molar-refractivity contribution in [2.24, 2.45) is 0 Å². The summed E-state index contributed by atoms with van der Waals surface area (Å²) in [4.78, 5) is 0. The molecule has 10 heavy (non-hydrogen) atoms. The molecule has 0 amide bonds. The maximum atomic E-state index is 8.43. The minimum atomic E-state index is 0.579. The molecule has 0 aliphatic rings. The van der Waals surface area contributed by atoms with Crippen LogP contribution in [0.4, 0.5) is 0 Å². The van der Waals surface area contributed by atoms with E-state index in [9.17, 15) is 0 Å². The van der Waals surface area contributed by atoms with Crippen LogP contribution in [0, 0.1) is 0 Å². The average Bonchev–Trinajstić information content (AvgIpc) is 1.98. The van der Waals surface area contributed by atoms with E-state index in [1.807, 2.05) is 5.48 Å². The second kappa shape index (κ2) is 5.85. The first-order valence-electron chi connectivity index (χ1n) is 2.87. The Morgan fingerprint density at radius 2 is 2.00 bits per heavy atom. The Morgan fingerprint density at radius 3 is 2.40 bits per heavy atom. The van der Waals surface area contributed by atoms with E-state index in [-0.39, 0.29) is 0 Å². The second-order valence-corrected chi connectivity index (χ2v) is 1.56. The van der Waals surface area contributed by atoms with Gasteiger partial charge in [-0.05, 0) is 12.2 Å². The maximum Gasteiger partial charge on any atom is 0.0601 e. The van der Waals surface area contributed by atoms with Crippen molar-refractivity contribution >= 4 is 0 Å². The minimum Gasteiger partial charge on any atom is -0.291 e. The Bertz CT molecular complexity index is 168. The van der Waals surface area contributed by atoms with Crippen LogP contribution in [0.15, 0.2) is 49.2 Å². The molecule has 0 saturated heterocycles. The molecule has 0 heterocycles. The standard InChI is InChI=1S/C8H11NO/c1-3-5-7-8(9-10)6-4-2/h3-7,9-10H,1-2H2/b7-5-,8-6+. The van der Waals surface area contributed by atoms with Crippen LogP contribution in [0.1, 0.15) is 0 Å². The third-order valence-electron chi connectivity index (χ3n) is 0.838. The van der Waals surface area contributed by atoms with Crippen molar-refractivity contribution in [2.45, 2.75) is 0 Å². The second-order valence-electron chi connectivity index (χ2n) is 1.56. The van der Waals surface area contributed by atoms with Gasteiger partial charge in [0.05, 0.1) is 5.70 Å². The van der Waals surface area contributed by atoms with E-state index < -0.39 is 0 Å². The zero-order chi connectivity index (χ0) is 7.82. The summed E-state index contributed by atoms with van der Waals surface area (Å²) in [5, 5.41) is 8.43. The number of rotatable bonds is 4. The lowest BCUT2D eigenvalue weighted by atomic mass is 10.3. The van der Waals surface area contributed by atoms with Crippen LogP contribution in [0.2, 0.25) is 0 Å². The molecule has 2 N–H and O–H groups in total. The van der Waals surface area contributed by atoms with Gasteiger partial charge >= 0.3 is 0 Å². The number of nitrogens with one attached hydrogen (secondary N) is 1. The lowest BCUT2D eigenvalue weighted by Gasteiger charge is -1.94. The first kappa shape index (κ1) is 8.72. The van der Waals surface area contributed by atoms with Gasteiger partial charge < -0.3 is 0 Å². The Kier molecular flexibility index (Phi) is 5.10. The van der Waals surface area contributed by atoms with Crippen molar-refractivity contribution in [3.63, 3.8) is 0 Å². The van der Waals surface area contributed by atoms with Crippen LogP contribution in [0.5, 0.6) is 0 Å². The molecule has 2 heteroatoms. The quantitative estimate of drug-likeness (QED) is 0.457.